The molecule has 0 aromatic heterocycles. The summed E-state index contributed by atoms with van der Waals surface area (Å²) in [5.41, 5.74) is 0.582. The standard InChI is InChI=1S/C16H16N2O6S/c1-9-5-4-6-13(16(19)20)15(9)17-25(23,24)14-8-12(18(21)22)7-10(2)11(14)3/h4-8,17H,1-3H3,(H,19,20). The van der Waals surface area contributed by atoms with E-state index in [9.17, 15) is 28.4 Å². The van der Waals surface area contributed by atoms with Gasteiger partial charge in [-0.15, -0.1) is 0 Å². The number of carboxylic acids is 1. The highest BCUT2D eigenvalue weighted by atomic mass is 32.2. The van der Waals surface area contributed by atoms with Crippen LogP contribution in [0.5, 0.6) is 0 Å². The fourth-order valence-corrected chi connectivity index (χ4v) is 3.85. The summed E-state index contributed by atoms with van der Waals surface area (Å²) in [6.45, 7) is 4.66. The van der Waals surface area contributed by atoms with E-state index < -0.39 is 20.9 Å². The predicted octanol–water partition coefficient (Wildman–Crippen LogP) is 3.02. The number of hydrogen-bond donors (Lipinski definition) is 2. The summed E-state index contributed by atoms with van der Waals surface area (Å²) in [5.74, 6) is -1.28. The van der Waals surface area contributed by atoms with Gasteiger partial charge in [-0.3, -0.25) is 14.8 Å². The minimum Gasteiger partial charge on any atom is -0.478 e. The van der Waals surface area contributed by atoms with E-state index in [1.54, 1.807) is 19.9 Å². The number of aryl methyl sites for hydroxylation is 2. The van der Waals surface area contributed by atoms with Crippen molar-refractivity contribution in [3.05, 3.63) is 62.7 Å². The molecule has 0 amide bonds. The van der Waals surface area contributed by atoms with Crippen LogP contribution in [0.3, 0.4) is 0 Å². The Morgan fingerprint density at radius 2 is 1.80 bits per heavy atom. The molecule has 0 spiro atoms. The number of aromatic carboxylic acids is 1. The van der Waals surface area contributed by atoms with E-state index in [-0.39, 0.29) is 21.8 Å². The Bertz CT molecular complexity index is 982. The number of carboxylic acid groups (broad SMARTS) is 1. The normalized spacial score (nSPS) is 11.2. The summed E-state index contributed by atoms with van der Waals surface area (Å²) in [4.78, 5) is 21.4. The van der Waals surface area contributed by atoms with Gasteiger partial charge in [0.05, 0.1) is 21.1 Å². The Balaban J connectivity index is 2.63. The molecule has 2 rings (SSSR count). The van der Waals surface area contributed by atoms with Crippen LogP contribution >= 0.6 is 0 Å². The average Bonchev–Trinajstić information content (AvgIpc) is 2.50. The van der Waals surface area contributed by atoms with Crippen molar-refractivity contribution in [2.24, 2.45) is 0 Å². The number of nitrogens with zero attached hydrogens (tertiary/aromatic N) is 1. The van der Waals surface area contributed by atoms with Crippen molar-refractivity contribution < 1.29 is 23.2 Å². The molecule has 0 bridgehead atoms. The van der Waals surface area contributed by atoms with Gasteiger partial charge in [-0.05, 0) is 43.5 Å². The SMILES string of the molecule is Cc1cc([N+](=O)[O-])cc(S(=O)(=O)Nc2c(C)cccc2C(=O)O)c1C. The quantitative estimate of drug-likeness (QED) is 0.620. The highest BCUT2D eigenvalue weighted by Crippen LogP contribution is 2.29. The molecule has 0 atom stereocenters. The third-order valence-electron chi connectivity index (χ3n) is 3.84. The lowest BCUT2D eigenvalue weighted by Gasteiger charge is -2.15. The molecule has 0 aliphatic heterocycles. The van der Waals surface area contributed by atoms with Crippen LogP contribution in [0.15, 0.2) is 35.2 Å². The van der Waals surface area contributed by atoms with Crippen molar-refractivity contribution in [3.63, 3.8) is 0 Å². The molecule has 0 saturated heterocycles. The number of benzene rings is 2. The Hall–Kier alpha value is -2.94. The molecule has 0 aliphatic rings. The molecular formula is C16H16N2O6S. The van der Waals surface area contributed by atoms with Gasteiger partial charge < -0.3 is 5.11 Å². The van der Waals surface area contributed by atoms with E-state index in [1.165, 1.54) is 25.1 Å². The third kappa shape index (κ3) is 3.61. The molecule has 0 saturated carbocycles. The molecular weight excluding hydrogens is 348 g/mol. The average molecular weight is 364 g/mol. The summed E-state index contributed by atoms with van der Waals surface area (Å²) in [6.07, 6.45) is 0. The van der Waals surface area contributed by atoms with E-state index in [0.717, 1.165) is 6.07 Å². The number of anilines is 1. The number of nitro benzene ring substituents is 1. The maximum atomic E-state index is 12.7. The highest BCUT2D eigenvalue weighted by molar-refractivity contribution is 7.92. The van der Waals surface area contributed by atoms with E-state index in [1.807, 2.05) is 0 Å². The Kier molecular flexibility index (Phi) is 4.80. The summed E-state index contributed by atoms with van der Waals surface area (Å²) < 4.78 is 27.8. The molecule has 0 heterocycles. The van der Waals surface area contributed by atoms with Crippen LogP contribution in [0.4, 0.5) is 11.4 Å². The Morgan fingerprint density at radius 1 is 1.16 bits per heavy atom. The van der Waals surface area contributed by atoms with Crippen LogP contribution in [-0.4, -0.2) is 24.4 Å². The van der Waals surface area contributed by atoms with E-state index >= 15 is 0 Å². The fraction of sp³-hybridized carbons (Fsp3) is 0.188. The molecule has 132 valence electrons. The molecule has 2 N–H and O–H groups in total. The molecule has 0 radical (unpaired) electrons. The second-order valence-electron chi connectivity index (χ2n) is 5.55. The maximum Gasteiger partial charge on any atom is 0.337 e. The number of sulfonamides is 1. The van der Waals surface area contributed by atoms with Crippen molar-refractivity contribution in [3.8, 4) is 0 Å². The number of nitro groups is 1. The van der Waals surface area contributed by atoms with Crippen molar-refractivity contribution in [2.75, 3.05) is 4.72 Å². The van der Waals surface area contributed by atoms with E-state index in [2.05, 4.69) is 4.72 Å². The summed E-state index contributed by atoms with van der Waals surface area (Å²) in [5, 5.41) is 20.3. The van der Waals surface area contributed by atoms with Crippen LogP contribution < -0.4 is 4.72 Å². The first kappa shape index (κ1) is 18.4. The first-order valence-electron chi connectivity index (χ1n) is 7.16. The zero-order valence-electron chi connectivity index (χ0n) is 13.7. The third-order valence-corrected chi connectivity index (χ3v) is 5.32. The molecule has 2 aromatic carbocycles. The van der Waals surface area contributed by atoms with Gasteiger partial charge >= 0.3 is 5.97 Å². The number of carbonyl (C=O) groups is 1. The van der Waals surface area contributed by atoms with E-state index in [0.29, 0.717) is 16.7 Å². The second kappa shape index (κ2) is 6.52. The van der Waals surface area contributed by atoms with Gasteiger partial charge in [0.2, 0.25) is 0 Å². The van der Waals surface area contributed by atoms with Crippen molar-refractivity contribution in [1.82, 2.24) is 0 Å². The van der Waals surface area contributed by atoms with Gasteiger partial charge in [0.25, 0.3) is 15.7 Å². The minimum absolute atomic E-state index is 0.0708. The summed E-state index contributed by atoms with van der Waals surface area (Å²) >= 11 is 0. The lowest BCUT2D eigenvalue weighted by molar-refractivity contribution is -0.385. The van der Waals surface area contributed by atoms with Crippen molar-refractivity contribution >= 4 is 27.4 Å². The first-order valence-corrected chi connectivity index (χ1v) is 8.64. The van der Waals surface area contributed by atoms with Crippen LogP contribution in [-0.2, 0) is 10.0 Å². The van der Waals surface area contributed by atoms with Gasteiger partial charge in [0.1, 0.15) is 0 Å². The zero-order valence-corrected chi connectivity index (χ0v) is 14.5. The van der Waals surface area contributed by atoms with Crippen molar-refractivity contribution in [2.45, 2.75) is 25.7 Å². The summed E-state index contributed by atoms with van der Waals surface area (Å²) in [7, 11) is -4.22. The van der Waals surface area contributed by atoms with Gasteiger partial charge in [-0.2, -0.15) is 0 Å². The number of hydrogen-bond acceptors (Lipinski definition) is 5. The van der Waals surface area contributed by atoms with Crippen LogP contribution in [0, 0.1) is 30.9 Å². The molecule has 25 heavy (non-hydrogen) atoms. The maximum absolute atomic E-state index is 12.7. The Morgan fingerprint density at radius 3 is 2.36 bits per heavy atom. The fourth-order valence-electron chi connectivity index (χ4n) is 2.36. The van der Waals surface area contributed by atoms with Crippen LogP contribution in [0.2, 0.25) is 0 Å². The van der Waals surface area contributed by atoms with Gasteiger partial charge in [0.15, 0.2) is 0 Å². The van der Waals surface area contributed by atoms with Crippen LogP contribution in [0.25, 0.3) is 0 Å². The van der Waals surface area contributed by atoms with E-state index in [4.69, 9.17) is 0 Å². The Labute approximate surface area is 144 Å². The van der Waals surface area contributed by atoms with Gasteiger partial charge in [-0.1, -0.05) is 12.1 Å². The lowest BCUT2D eigenvalue weighted by atomic mass is 10.1. The molecule has 8 nitrogen and oxygen atoms in total. The molecule has 0 unspecified atom stereocenters. The smallest absolute Gasteiger partial charge is 0.337 e. The van der Waals surface area contributed by atoms with Gasteiger partial charge in [-0.25, -0.2) is 13.2 Å². The summed E-state index contributed by atoms with van der Waals surface area (Å²) in [6, 6.07) is 6.59. The molecule has 0 fully saturated rings. The molecule has 0 aliphatic carbocycles. The number of rotatable bonds is 5. The second-order valence-corrected chi connectivity index (χ2v) is 7.20. The topological polar surface area (TPSA) is 127 Å². The van der Waals surface area contributed by atoms with Crippen LogP contribution in [0.1, 0.15) is 27.0 Å². The number of non-ortho nitro benzene ring substituents is 1. The predicted molar refractivity (Wildman–Crippen MR) is 91.5 cm³/mol. The molecule has 2 aromatic rings. The zero-order chi connectivity index (χ0) is 18.9. The minimum atomic E-state index is -4.22. The lowest BCUT2D eigenvalue weighted by Crippen LogP contribution is -2.18. The highest BCUT2D eigenvalue weighted by Gasteiger charge is 2.25. The van der Waals surface area contributed by atoms with Crippen molar-refractivity contribution in [1.29, 1.82) is 0 Å². The van der Waals surface area contributed by atoms with Gasteiger partial charge in [0, 0.05) is 12.1 Å². The number of para-hydroxylation sites is 1. The molecule has 9 heteroatoms. The largest absolute Gasteiger partial charge is 0.478 e. The number of nitrogens with one attached hydrogen (secondary N) is 1. The monoisotopic (exact) mass is 364 g/mol. The first-order chi connectivity index (χ1) is 11.5.